The fourth-order valence-corrected chi connectivity index (χ4v) is 12.2. The third-order valence-electron chi connectivity index (χ3n) is 17.1. The molecule has 0 spiro atoms. The molecule has 0 saturated carbocycles. The highest BCUT2D eigenvalue weighted by Crippen LogP contribution is 2.28. The van der Waals surface area contributed by atoms with Gasteiger partial charge in [0.2, 0.25) is 53.2 Å². The Labute approximate surface area is 567 Å². The van der Waals surface area contributed by atoms with Crippen molar-refractivity contribution >= 4 is 99.5 Å². The first-order valence-corrected chi connectivity index (χ1v) is 33.7. The third-order valence-corrected chi connectivity index (χ3v) is 18.0. The Bertz CT molecular complexity index is 2640. The molecule has 1 rings (SSSR count). The SMILES string of the molecule is C/C=C/C[C@@H](C)[C@@H](OC(C)=O)[C@H]1C(=O)N(C)[C@@H](CC)C(=O)N(C)CC(=O)N(C)[C@@H](CC(C)C)C(=S)N[C@@H](C(C)C)C(=O)N(C)[C@@H](CC(C)C)C(=O)N[C@@H](C)C(=S)N[C@H](COC(C)=O)C(=O)N(C)[C@@H](CC(C)C)C(=O)N(C)[C@@H](CC(C)C)C(=O)N(C)[C@@H](C(C)C)C(=O)N1C. The van der Waals surface area contributed by atoms with Crippen LogP contribution in [0.15, 0.2) is 12.2 Å². The maximum Gasteiger partial charge on any atom is 0.303 e. The van der Waals surface area contributed by atoms with Crippen LogP contribution >= 0.6 is 24.4 Å². The minimum atomic E-state index is -1.59. The predicted molar refractivity (Wildman–Crippen MR) is 369 cm³/mol. The summed E-state index contributed by atoms with van der Waals surface area (Å²) in [7, 11) is 11.6. The van der Waals surface area contributed by atoms with Gasteiger partial charge in [0.25, 0.3) is 0 Å². The molecule has 0 bridgehead atoms. The number of amides is 9. The van der Waals surface area contributed by atoms with Crippen molar-refractivity contribution in [1.29, 1.82) is 0 Å². The largest absolute Gasteiger partial charge is 0.463 e. The molecule has 9 amide bonds. The maximum absolute atomic E-state index is 15.6. The molecule has 0 aliphatic carbocycles. The van der Waals surface area contributed by atoms with Crippen LogP contribution in [0.2, 0.25) is 0 Å². The summed E-state index contributed by atoms with van der Waals surface area (Å²) in [6.45, 7) is 30.5. The Balaban J connectivity index is 4.61. The number of hydrogen-bond donors (Lipinski definition) is 3. The predicted octanol–water partition coefficient (Wildman–Crippen LogP) is 5.33. The van der Waals surface area contributed by atoms with Crippen molar-refractivity contribution in [2.75, 3.05) is 69.5 Å². The van der Waals surface area contributed by atoms with Gasteiger partial charge in [-0.25, -0.2) is 0 Å². The van der Waals surface area contributed by atoms with Gasteiger partial charge < -0.3 is 64.6 Å². The van der Waals surface area contributed by atoms with Crippen LogP contribution in [0.1, 0.15) is 163 Å². The van der Waals surface area contributed by atoms with Crippen LogP contribution in [-0.4, -0.2) is 250 Å². The molecule has 93 heavy (non-hydrogen) atoms. The first kappa shape index (κ1) is 84.7. The number of nitrogens with zero attached hydrogens (tertiary/aromatic N) is 8. The molecule has 1 aliphatic heterocycles. The number of rotatable bonds is 18. The molecule has 1 aliphatic rings. The maximum atomic E-state index is 15.6. The summed E-state index contributed by atoms with van der Waals surface area (Å²) < 4.78 is 11.4. The summed E-state index contributed by atoms with van der Waals surface area (Å²) in [6, 6.07) is -11.8. The molecule has 0 aromatic carbocycles. The Kier molecular flexibility index (Phi) is 35.4. The number of carbonyl (C=O) groups is 11. The van der Waals surface area contributed by atoms with Crippen molar-refractivity contribution in [3.05, 3.63) is 12.2 Å². The Morgan fingerprint density at radius 3 is 1.41 bits per heavy atom. The van der Waals surface area contributed by atoms with Gasteiger partial charge in [-0.1, -0.05) is 134 Å². The Morgan fingerprint density at radius 2 is 0.957 bits per heavy atom. The van der Waals surface area contributed by atoms with Crippen LogP contribution in [0.3, 0.4) is 0 Å². The zero-order valence-electron chi connectivity index (χ0n) is 60.9. The number of carbonyl (C=O) groups excluding carboxylic acids is 11. The normalized spacial score (nSPS) is 25.6. The lowest BCUT2D eigenvalue weighted by Gasteiger charge is -2.43. The molecule has 0 radical (unpaired) electrons. The van der Waals surface area contributed by atoms with Gasteiger partial charge in [-0.3, -0.25) is 52.7 Å². The zero-order chi connectivity index (χ0) is 72.1. The van der Waals surface area contributed by atoms with Crippen LogP contribution in [0, 0.1) is 41.4 Å². The molecule has 12 atom stereocenters. The van der Waals surface area contributed by atoms with Crippen LogP contribution in [0.5, 0.6) is 0 Å². The highest BCUT2D eigenvalue weighted by Gasteiger charge is 2.48. The molecule has 0 unspecified atom stereocenters. The van der Waals surface area contributed by atoms with E-state index in [4.69, 9.17) is 33.9 Å². The summed E-state index contributed by atoms with van der Waals surface area (Å²) in [6.07, 6.45) is 3.46. The topological polar surface area (TPSA) is 268 Å². The van der Waals surface area contributed by atoms with Crippen molar-refractivity contribution in [2.24, 2.45) is 41.4 Å². The molecule has 530 valence electrons. The molecule has 1 fully saturated rings. The van der Waals surface area contributed by atoms with E-state index in [1.54, 1.807) is 47.7 Å². The van der Waals surface area contributed by atoms with Gasteiger partial charge >= 0.3 is 11.9 Å². The van der Waals surface area contributed by atoms with Crippen LogP contribution in [-0.2, 0) is 62.2 Å². The second-order valence-corrected chi connectivity index (χ2v) is 28.6. The number of hydrogen-bond acceptors (Lipinski definition) is 15. The molecule has 0 aromatic heterocycles. The molecule has 1 heterocycles. The van der Waals surface area contributed by atoms with Gasteiger partial charge in [0.15, 0.2) is 0 Å². The second kappa shape index (κ2) is 38.9. The molecular formula is C67H117N11O13S2. The van der Waals surface area contributed by atoms with E-state index in [-0.39, 0.29) is 59.3 Å². The summed E-state index contributed by atoms with van der Waals surface area (Å²) in [5, 5.41) is 9.15. The van der Waals surface area contributed by atoms with Gasteiger partial charge in [0.1, 0.15) is 61.0 Å². The minimum absolute atomic E-state index is 0.0241. The van der Waals surface area contributed by atoms with E-state index in [1.165, 1.54) is 97.5 Å². The lowest BCUT2D eigenvalue weighted by atomic mass is 9.90. The molecule has 1 saturated heterocycles. The number of likely N-dealkylation sites (N-methyl/N-ethyl adjacent to an activating group) is 8. The van der Waals surface area contributed by atoms with E-state index in [2.05, 4.69) is 16.0 Å². The Hall–Kier alpha value is -6.31. The molecule has 0 aromatic rings. The van der Waals surface area contributed by atoms with Crippen molar-refractivity contribution in [1.82, 2.24) is 55.1 Å². The highest BCUT2D eigenvalue weighted by atomic mass is 32.1. The molecule has 24 nitrogen and oxygen atoms in total. The highest BCUT2D eigenvalue weighted by molar-refractivity contribution is 7.80. The van der Waals surface area contributed by atoms with Crippen LogP contribution in [0.4, 0.5) is 0 Å². The number of thiocarbonyl (C=S) groups is 2. The fourth-order valence-electron chi connectivity index (χ4n) is 11.6. The van der Waals surface area contributed by atoms with Crippen molar-refractivity contribution in [3.8, 4) is 0 Å². The van der Waals surface area contributed by atoms with E-state index in [0.717, 1.165) is 4.90 Å². The number of nitrogens with one attached hydrogen (secondary N) is 3. The van der Waals surface area contributed by atoms with Gasteiger partial charge in [-0.15, -0.1) is 0 Å². The van der Waals surface area contributed by atoms with E-state index >= 15 is 19.2 Å². The lowest BCUT2D eigenvalue weighted by Crippen LogP contribution is -2.64. The first-order chi connectivity index (χ1) is 42.9. The summed E-state index contributed by atoms with van der Waals surface area (Å²) in [4.78, 5) is 171. The standard InChI is InChI=1S/C67H117N11O13S2/c1-27-29-30-43(15)57(91-46(18)80)56-67(89)73(21)48(28-2)62(84)71(19)35-53(81)72(20)50(32-38(5)6)60(93)70-54(41(11)12)65(87)74(22)49(31-37(3)4)58(82)68-44(16)59(92)69-47(36-90-45(17)79)61(83)75(23)51(33-39(7)8)63(85)76(24)52(34-40(9)10)64(86)77(25)55(42(13)14)66(88)78(56)26/h27,29,37-44,47-52,54-57H,28,30-36H2,1-26H3,(H,68,82)(H,69,92)(H,70,93)/b29-27+/t43-,44+,47-,48+,49+,50+,51+,52+,54+,55+,56+,57-/m1/s1. The van der Waals surface area contributed by atoms with E-state index in [1.807, 2.05) is 82.2 Å². The van der Waals surface area contributed by atoms with Crippen LogP contribution in [0.25, 0.3) is 0 Å². The monoisotopic (exact) mass is 1350 g/mol. The summed E-state index contributed by atoms with van der Waals surface area (Å²) in [5.41, 5.74) is 0. The van der Waals surface area contributed by atoms with Gasteiger partial charge in [0.05, 0.1) is 28.6 Å². The fraction of sp³-hybridized carbons (Fsp3) is 0.776. The Morgan fingerprint density at radius 1 is 0.516 bits per heavy atom. The molecular weight excluding hydrogens is 1230 g/mol. The van der Waals surface area contributed by atoms with Gasteiger partial charge in [-0.05, 0) is 93.8 Å². The summed E-state index contributed by atoms with van der Waals surface area (Å²) >= 11 is 11.9. The van der Waals surface area contributed by atoms with Crippen molar-refractivity contribution in [2.45, 2.75) is 230 Å². The minimum Gasteiger partial charge on any atom is -0.463 e. The van der Waals surface area contributed by atoms with Gasteiger partial charge in [-0.2, -0.15) is 0 Å². The summed E-state index contributed by atoms with van der Waals surface area (Å²) in [5.74, 6) is -9.26. The molecule has 26 heteroatoms. The van der Waals surface area contributed by atoms with E-state index in [9.17, 15) is 33.6 Å². The van der Waals surface area contributed by atoms with Crippen molar-refractivity contribution < 1.29 is 62.2 Å². The van der Waals surface area contributed by atoms with Crippen LogP contribution < -0.4 is 16.0 Å². The van der Waals surface area contributed by atoms with E-state index in [0.29, 0.717) is 12.8 Å². The van der Waals surface area contributed by atoms with Crippen molar-refractivity contribution in [3.63, 3.8) is 0 Å². The second-order valence-electron chi connectivity index (χ2n) is 27.7. The molecule has 3 N–H and O–H groups in total. The third kappa shape index (κ3) is 24.4. The average Bonchev–Trinajstić information content (AvgIpc) is 0.799. The zero-order valence-corrected chi connectivity index (χ0v) is 62.5. The van der Waals surface area contributed by atoms with E-state index < -0.39 is 163 Å². The van der Waals surface area contributed by atoms with Gasteiger partial charge in [0, 0.05) is 70.2 Å². The number of ether oxygens (including phenoxy) is 2. The smallest absolute Gasteiger partial charge is 0.303 e. The lowest BCUT2D eigenvalue weighted by molar-refractivity contribution is -0.167. The number of allylic oxidation sites excluding steroid dienone is 2. The quantitative estimate of drug-likeness (QED) is 0.0890. The average molecular weight is 1350 g/mol. The number of esters is 2. The first-order valence-electron chi connectivity index (χ1n) is 32.9.